The molecular weight excluding hydrogens is 176 g/mol. The SMILES string of the molecule is C/C=C(\CC)C(=O)N1CC(F)(F)C1. The summed E-state index contributed by atoms with van der Waals surface area (Å²) in [6.45, 7) is 2.73. The Balaban J connectivity index is 2.52. The van der Waals surface area contributed by atoms with Crippen molar-refractivity contribution in [1.29, 1.82) is 0 Å². The Morgan fingerprint density at radius 1 is 1.54 bits per heavy atom. The van der Waals surface area contributed by atoms with E-state index in [1.807, 2.05) is 6.92 Å². The van der Waals surface area contributed by atoms with Crippen LogP contribution in [0, 0.1) is 0 Å². The van der Waals surface area contributed by atoms with Crippen LogP contribution in [0.4, 0.5) is 8.78 Å². The van der Waals surface area contributed by atoms with Crippen LogP contribution in [0.15, 0.2) is 11.6 Å². The maximum atomic E-state index is 12.4. The third kappa shape index (κ3) is 2.05. The average molecular weight is 189 g/mol. The maximum absolute atomic E-state index is 12.4. The van der Waals surface area contributed by atoms with Crippen molar-refractivity contribution in [1.82, 2.24) is 4.90 Å². The van der Waals surface area contributed by atoms with Gasteiger partial charge in [0.1, 0.15) is 0 Å². The van der Waals surface area contributed by atoms with E-state index in [1.54, 1.807) is 13.0 Å². The number of hydrogen-bond donors (Lipinski definition) is 0. The van der Waals surface area contributed by atoms with Gasteiger partial charge in [0.15, 0.2) is 0 Å². The lowest BCUT2D eigenvalue weighted by Crippen LogP contribution is -2.58. The molecule has 1 aliphatic rings. The summed E-state index contributed by atoms with van der Waals surface area (Å²) in [7, 11) is 0. The molecule has 0 N–H and O–H groups in total. The van der Waals surface area contributed by atoms with E-state index in [1.165, 1.54) is 4.90 Å². The summed E-state index contributed by atoms with van der Waals surface area (Å²) < 4.78 is 24.8. The Morgan fingerprint density at radius 2 is 2.08 bits per heavy atom. The second-order valence-corrected chi connectivity index (χ2v) is 3.18. The van der Waals surface area contributed by atoms with Crippen molar-refractivity contribution in [2.75, 3.05) is 13.1 Å². The molecule has 13 heavy (non-hydrogen) atoms. The van der Waals surface area contributed by atoms with Crippen LogP contribution >= 0.6 is 0 Å². The molecule has 0 saturated carbocycles. The Hall–Kier alpha value is -0.930. The smallest absolute Gasteiger partial charge is 0.282 e. The number of carbonyl (C=O) groups excluding carboxylic acids is 1. The molecule has 0 aromatic carbocycles. The molecular formula is C9H13F2NO. The molecule has 1 amide bonds. The quantitative estimate of drug-likeness (QED) is 0.607. The normalized spacial score (nSPS) is 21.2. The van der Waals surface area contributed by atoms with Gasteiger partial charge in [-0.1, -0.05) is 13.0 Å². The molecule has 0 aromatic heterocycles. The van der Waals surface area contributed by atoms with Crippen LogP contribution in [-0.2, 0) is 4.79 Å². The number of alkyl halides is 2. The fourth-order valence-corrected chi connectivity index (χ4v) is 1.34. The first-order valence-electron chi connectivity index (χ1n) is 4.32. The monoisotopic (exact) mass is 189 g/mol. The minimum Gasteiger partial charge on any atom is -0.327 e. The van der Waals surface area contributed by atoms with Crippen LogP contribution in [0.2, 0.25) is 0 Å². The zero-order valence-electron chi connectivity index (χ0n) is 7.81. The summed E-state index contributed by atoms with van der Waals surface area (Å²) in [5, 5.41) is 0. The lowest BCUT2D eigenvalue weighted by molar-refractivity contribution is -0.162. The zero-order valence-corrected chi connectivity index (χ0v) is 7.81. The van der Waals surface area contributed by atoms with Crippen molar-refractivity contribution < 1.29 is 13.6 Å². The molecule has 2 nitrogen and oxygen atoms in total. The minimum atomic E-state index is -2.66. The van der Waals surface area contributed by atoms with Gasteiger partial charge >= 0.3 is 0 Å². The van der Waals surface area contributed by atoms with E-state index in [0.717, 1.165) is 0 Å². The largest absolute Gasteiger partial charge is 0.327 e. The molecule has 0 atom stereocenters. The lowest BCUT2D eigenvalue weighted by Gasteiger charge is -2.39. The standard InChI is InChI=1S/C9H13F2NO/c1-3-7(4-2)8(13)12-5-9(10,11)6-12/h3H,4-6H2,1-2H3/b7-3+. The Morgan fingerprint density at radius 3 is 2.38 bits per heavy atom. The maximum Gasteiger partial charge on any atom is 0.282 e. The highest BCUT2D eigenvalue weighted by Crippen LogP contribution is 2.28. The molecule has 1 heterocycles. The summed E-state index contributed by atoms with van der Waals surface area (Å²) in [5.41, 5.74) is 0.607. The molecule has 0 unspecified atom stereocenters. The first-order valence-corrected chi connectivity index (χ1v) is 4.32. The highest BCUT2D eigenvalue weighted by Gasteiger charge is 2.46. The van der Waals surface area contributed by atoms with E-state index in [0.29, 0.717) is 12.0 Å². The molecule has 1 saturated heterocycles. The van der Waals surface area contributed by atoms with Gasteiger partial charge in [-0.05, 0) is 13.3 Å². The van der Waals surface area contributed by atoms with Gasteiger partial charge in [-0.3, -0.25) is 4.79 Å². The number of allylic oxidation sites excluding steroid dienone is 1. The van der Waals surface area contributed by atoms with Crippen LogP contribution in [-0.4, -0.2) is 29.8 Å². The third-order valence-electron chi connectivity index (χ3n) is 2.14. The van der Waals surface area contributed by atoms with Crippen LogP contribution in [0.25, 0.3) is 0 Å². The summed E-state index contributed by atoms with van der Waals surface area (Å²) in [6, 6.07) is 0. The summed E-state index contributed by atoms with van der Waals surface area (Å²) in [6.07, 6.45) is 2.27. The number of carbonyl (C=O) groups is 1. The predicted octanol–water partition coefficient (Wildman–Crippen LogP) is 1.82. The van der Waals surface area contributed by atoms with Crippen LogP contribution in [0.5, 0.6) is 0 Å². The average Bonchev–Trinajstić information content (AvgIpc) is 2.02. The Bertz CT molecular complexity index is 240. The third-order valence-corrected chi connectivity index (χ3v) is 2.14. The van der Waals surface area contributed by atoms with Crippen molar-refractivity contribution in [2.24, 2.45) is 0 Å². The molecule has 0 bridgehead atoms. The van der Waals surface area contributed by atoms with Gasteiger partial charge in [-0.25, -0.2) is 8.78 Å². The van der Waals surface area contributed by atoms with E-state index >= 15 is 0 Å². The number of amides is 1. The number of halogens is 2. The van der Waals surface area contributed by atoms with E-state index in [4.69, 9.17) is 0 Å². The van der Waals surface area contributed by atoms with Gasteiger partial charge in [0.05, 0.1) is 13.1 Å². The van der Waals surface area contributed by atoms with E-state index in [2.05, 4.69) is 0 Å². The van der Waals surface area contributed by atoms with Gasteiger partial charge in [-0.2, -0.15) is 0 Å². The Labute approximate surface area is 76.2 Å². The Kier molecular flexibility index (Phi) is 2.68. The summed E-state index contributed by atoms with van der Waals surface area (Å²) in [4.78, 5) is 12.6. The lowest BCUT2D eigenvalue weighted by atomic mass is 10.1. The molecule has 74 valence electrons. The van der Waals surface area contributed by atoms with Gasteiger partial charge in [0.2, 0.25) is 5.91 Å². The number of likely N-dealkylation sites (tertiary alicyclic amines) is 1. The van der Waals surface area contributed by atoms with Gasteiger partial charge in [0.25, 0.3) is 5.92 Å². The molecule has 1 rings (SSSR count). The van der Waals surface area contributed by atoms with E-state index < -0.39 is 19.0 Å². The molecule has 1 aliphatic heterocycles. The zero-order chi connectivity index (χ0) is 10.1. The molecule has 4 heteroatoms. The minimum absolute atomic E-state index is 0.254. The van der Waals surface area contributed by atoms with Crippen LogP contribution < -0.4 is 0 Å². The number of rotatable bonds is 2. The van der Waals surface area contributed by atoms with Crippen LogP contribution in [0.3, 0.4) is 0 Å². The molecule has 0 spiro atoms. The van der Waals surface area contributed by atoms with Crippen molar-refractivity contribution in [3.8, 4) is 0 Å². The first-order chi connectivity index (χ1) is 6.00. The summed E-state index contributed by atoms with van der Waals surface area (Å²) >= 11 is 0. The predicted molar refractivity (Wildman–Crippen MR) is 45.6 cm³/mol. The summed E-state index contributed by atoms with van der Waals surface area (Å²) in [5.74, 6) is -2.92. The van der Waals surface area contributed by atoms with Crippen molar-refractivity contribution >= 4 is 5.91 Å². The van der Waals surface area contributed by atoms with E-state index in [9.17, 15) is 13.6 Å². The van der Waals surface area contributed by atoms with Gasteiger partial charge in [-0.15, -0.1) is 0 Å². The molecule has 0 radical (unpaired) electrons. The van der Waals surface area contributed by atoms with Gasteiger partial charge in [0, 0.05) is 5.57 Å². The van der Waals surface area contributed by atoms with Crippen molar-refractivity contribution in [3.63, 3.8) is 0 Å². The van der Waals surface area contributed by atoms with E-state index in [-0.39, 0.29) is 5.91 Å². The van der Waals surface area contributed by atoms with Crippen LogP contribution in [0.1, 0.15) is 20.3 Å². The first kappa shape index (κ1) is 10.2. The van der Waals surface area contributed by atoms with Gasteiger partial charge < -0.3 is 4.90 Å². The fraction of sp³-hybridized carbons (Fsp3) is 0.667. The molecule has 0 aliphatic carbocycles. The highest BCUT2D eigenvalue weighted by molar-refractivity contribution is 5.93. The fourth-order valence-electron chi connectivity index (χ4n) is 1.34. The second-order valence-electron chi connectivity index (χ2n) is 3.18. The molecule has 1 fully saturated rings. The van der Waals surface area contributed by atoms with Crippen molar-refractivity contribution in [3.05, 3.63) is 11.6 Å². The number of hydrogen-bond acceptors (Lipinski definition) is 1. The van der Waals surface area contributed by atoms with Crippen molar-refractivity contribution in [2.45, 2.75) is 26.2 Å². The highest BCUT2D eigenvalue weighted by atomic mass is 19.3. The topological polar surface area (TPSA) is 20.3 Å². The number of nitrogens with zero attached hydrogens (tertiary/aromatic N) is 1. The molecule has 0 aromatic rings. The second kappa shape index (κ2) is 3.44.